The summed E-state index contributed by atoms with van der Waals surface area (Å²) < 4.78 is 5.37. The first-order chi connectivity index (χ1) is 9.93. The Balaban J connectivity index is 2.01. The molecule has 2 aromatic heterocycles. The van der Waals surface area contributed by atoms with Gasteiger partial charge in [-0.15, -0.1) is 11.3 Å². The summed E-state index contributed by atoms with van der Waals surface area (Å²) in [4.78, 5) is 22.2. The fraction of sp³-hybridized carbons (Fsp3) is 0.500. The Labute approximate surface area is 126 Å². The first-order valence-electron chi connectivity index (χ1n) is 6.72. The number of carbonyl (C=O) groups is 1. The molecule has 3 rings (SSSR count). The number of aryl methyl sites for hydroxylation is 2. The van der Waals surface area contributed by atoms with Crippen LogP contribution in [0.15, 0.2) is 6.33 Å². The number of rotatable bonds is 3. The summed E-state index contributed by atoms with van der Waals surface area (Å²) >= 11 is 1.62. The molecule has 21 heavy (non-hydrogen) atoms. The lowest BCUT2D eigenvalue weighted by atomic mass is 9.85. The van der Waals surface area contributed by atoms with Crippen molar-refractivity contribution in [3.05, 3.63) is 16.8 Å². The van der Waals surface area contributed by atoms with Crippen molar-refractivity contribution in [1.29, 1.82) is 0 Å². The van der Waals surface area contributed by atoms with Crippen LogP contribution in [0, 0.1) is 19.3 Å². The van der Waals surface area contributed by atoms with Gasteiger partial charge in [0, 0.05) is 4.88 Å². The van der Waals surface area contributed by atoms with Crippen LogP contribution in [0.1, 0.15) is 17.4 Å². The van der Waals surface area contributed by atoms with E-state index in [1.165, 1.54) is 11.2 Å². The predicted molar refractivity (Wildman–Crippen MR) is 80.9 cm³/mol. The summed E-state index contributed by atoms with van der Waals surface area (Å²) in [5, 5.41) is 13.7. The molecule has 7 heteroatoms. The molecular formula is C14H17N3O3S. The predicted octanol–water partition coefficient (Wildman–Crippen LogP) is 2.21. The van der Waals surface area contributed by atoms with Crippen molar-refractivity contribution < 1.29 is 14.6 Å². The van der Waals surface area contributed by atoms with Gasteiger partial charge in [-0.2, -0.15) is 0 Å². The molecule has 1 fully saturated rings. The van der Waals surface area contributed by atoms with Gasteiger partial charge in [-0.3, -0.25) is 4.79 Å². The smallest absolute Gasteiger partial charge is 0.313 e. The van der Waals surface area contributed by atoms with Crippen molar-refractivity contribution in [3.8, 4) is 0 Å². The molecule has 1 aliphatic rings. The molecule has 6 nitrogen and oxygen atoms in total. The maximum Gasteiger partial charge on any atom is 0.313 e. The molecule has 2 unspecified atom stereocenters. The van der Waals surface area contributed by atoms with E-state index >= 15 is 0 Å². The zero-order valence-electron chi connectivity index (χ0n) is 12.1. The van der Waals surface area contributed by atoms with Gasteiger partial charge in [0.05, 0.1) is 24.6 Å². The monoisotopic (exact) mass is 307 g/mol. The second-order valence-corrected chi connectivity index (χ2v) is 6.82. The minimum atomic E-state index is -0.948. The van der Waals surface area contributed by atoms with Crippen molar-refractivity contribution in [1.82, 2.24) is 9.97 Å². The third-order valence-electron chi connectivity index (χ3n) is 4.22. The summed E-state index contributed by atoms with van der Waals surface area (Å²) in [5.41, 5.74) is 0.185. The van der Waals surface area contributed by atoms with Crippen LogP contribution < -0.4 is 5.32 Å². The number of carboxylic acids is 1. The van der Waals surface area contributed by atoms with Crippen LogP contribution in [0.25, 0.3) is 10.2 Å². The van der Waals surface area contributed by atoms with E-state index in [2.05, 4.69) is 15.3 Å². The van der Waals surface area contributed by atoms with Crippen molar-refractivity contribution in [2.24, 2.45) is 5.41 Å². The topological polar surface area (TPSA) is 84.3 Å². The highest BCUT2D eigenvalue weighted by Gasteiger charge is 2.47. The van der Waals surface area contributed by atoms with E-state index < -0.39 is 11.4 Å². The molecule has 0 aliphatic carbocycles. The Bertz CT molecular complexity index is 715. The number of hydrogen-bond donors (Lipinski definition) is 2. The van der Waals surface area contributed by atoms with Crippen molar-refractivity contribution in [2.45, 2.75) is 26.8 Å². The SMILES string of the molecule is Cc1sc2ncnc(NC3COCC3(C)C(=O)O)c2c1C. The molecule has 0 aromatic carbocycles. The number of hydrogen-bond acceptors (Lipinski definition) is 6. The van der Waals surface area contributed by atoms with Crippen LogP contribution in [-0.4, -0.2) is 40.3 Å². The summed E-state index contributed by atoms with van der Waals surface area (Å²) in [6.07, 6.45) is 1.51. The van der Waals surface area contributed by atoms with Crippen LogP contribution in [0.4, 0.5) is 5.82 Å². The number of fused-ring (bicyclic) bond motifs is 1. The third kappa shape index (κ3) is 2.16. The minimum Gasteiger partial charge on any atom is -0.481 e. The lowest BCUT2D eigenvalue weighted by molar-refractivity contribution is -0.148. The molecular weight excluding hydrogens is 290 g/mol. The van der Waals surface area contributed by atoms with Gasteiger partial charge in [0.1, 0.15) is 22.4 Å². The van der Waals surface area contributed by atoms with Crippen LogP contribution in [0.2, 0.25) is 0 Å². The first-order valence-corrected chi connectivity index (χ1v) is 7.53. The molecule has 3 heterocycles. The highest BCUT2D eigenvalue weighted by molar-refractivity contribution is 7.18. The van der Waals surface area contributed by atoms with E-state index in [0.29, 0.717) is 12.4 Å². The Kier molecular flexibility index (Phi) is 3.33. The average Bonchev–Trinajstić information content (AvgIpc) is 2.94. The Hall–Kier alpha value is -1.73. The maximum atomic E-state index is 11.5. The minimum absolute atomic E-state index is 0.204. The number of ether oxygens (including phenoxy) is 1. The zero-order valence-corrected chi connectivity index (χ0v) is 13.0. The molecule has 2 N–H and O–H groups in total. The van der Waals surface area contributed by atoms with E-state index in [-0.39, 0.29) is 12.6 Å². The standard InChI is InChI=1S/C14H17N3O3S/c1-7-8(2)21-12-10(7)11(15-6-16-12)17-9-4-20-5-14(9,3)13(18)19/h6,9H,4-5H2,1-3H3,(H,18,19)(H,15,16,17). The molecule has 112 valence electrons. The van der Waals surface area contributed by atoms with Gasteiger partial charge in [0.15, 0.2) is 0 Å². The highest BCUT2D eigenvalue weighted by Crippen LogP contribution is 2.36. The van der Waals surface area contributed by atoms with E-state index in [1.54, 1.807) is 18.3 Å². The number of anilines is 1. The second-order valence-electron chi connectivity index (χ2n) is 5.62. The highest BCUT2D eigenvalue weighted by atomic mass is 32.1. The van der Waals surface area contributed by atoms with Gasteiger partial charge in [0.2, 0.25) is 0 Å². The number of carboxylic acid groups (broad SMARTS) is 1. The van der Waals surface area contributed by atoms with Crippen LogP contribution in [0.5, 0.6) is 0 Å². The molecule has 2 atom stereocenters. The van der Waals surface area contributed by atoms with Gasteiger partial charge in [-0.05, 0) is 26.3 Å². The van der Waals surface area contributed by atoms with E-state index in [4.69, 9.17) is 4.74 Å². The quantitative estimate of drug-likeness (QED) is 0.904. The van der Waals surface area contributed by atoms with Crippen LogP contribution in [0.3, 0.4) is 0 Å². The van der Waals surface area contributed by atoms with Gasteiger partial charge < -0.3 is 15.2 Å². The molecule has 0 saturated carbocycles. The Morgan fingerprint density at radius 2 is 2.29 bits per heavy atom. The van der Waals surface area contributed by atoms with Crippen LogP contribution >= 0.6 is 11.3 Å². The number of thiophene rings is 1. The zero-order chi connectivity index (χ0) is 15.2. The molecule has 2 aromatic rings. The van der Waals surface area contributed by atoms with E-state index in [0.717, 1.165) is 15.8 Å². The molecule has 0 bridgehead atoms. The van der Waals surface area contributed by atoms with Crippen LogP contribution in [-0.2, 0) is 9.53 Å². The first kappa shape index (κ1) is 14.2. The van der Waals surface area contributed by atoms with Crippen molar-refractivity contribution in [3.63, 3.8) is 0 Å². The lowest BCUT2D eigenvalue weighted by Gasteiger charge is -2.26. The number of aromatic nitrogens is 2. The summed E-state index contributed by atoms with van der Waals surface area (Å²) in [5.74, 6) is -0.175. The second kappa shape index (κ2) is 4.92. The summed E-state index contributed by atoms with van der Waals surface area (Å²) in [6, 6.07) is -0.312. The fourth-order valence-corrected chi connectivity index (χ4v) is 3.54. The van der Waals surface area contributed by atoms with Gasteiger partial charge >= 0.3 is 5.97 Å². The summed E-state index contributed by atoms with van der Waals surface area (Å²) in [7, 11) is 0. The van der Waals surface area contributed by atoms with Crippen molar-refractivity contribution >= 4 is 33.3 Å². The van der Waals surface area contributed by atoms with Gasteiger partial charge in [-0.1, -0.05) is 0 Å². The molecule has 1 saturated heterocycles. The molecule has 1 aliphatic heterocycles. The van der Waals surface area contributed by atoms with Crippen molar-refractivity contribution in [2.75, 3.05) is 18.5 Å². The molecule has 0 spiro atoms. The molecule has 0 radical (unpaired) electrons. The van der Waals surface area contributed by atoms with Gasteiger partial charge in [-0.25, -0.2) is 9.97 Å². The largest absolute Gasteiger partial charge is 0.481 e. The normalized spacial score (nSPS) is 25.4. The number of nitrogens with one attached hydrogen (secondary N) is 1. The summed E-state index contributed by atoms with van der Waals surface area (Å²) in [6.45, 7) is 6.34. The van der Waals surface area contributed by atoms with Gasteiger partial charge in [0.25, 0.3) is 0 Å². The fourth-order valence-electron chi connectivity index (χ4n) is 2.54. The third-order valence-corrected chi connectivity index (χ3v) is 5.34. The average molecular weight is 307 g/mol. The number of nitrogens with zero attached hydrogens (tertiary/aromatic N) is 2. The Morgan fingerprint density at radius 3 is 3.00 bits per heavy atom. The maximum absolute atomic E-state index is 11.5. The Morgan fingerprint density at radius 1 is 1.52 bits per heavy atom. The lowest BCUT2D eigenvalue weighted by Crippen LogP contribution is -2.43. The molecule has 0 amide bonds. The van der Waals surface area contributed by atoms with E-state index in [1.807, 2.05) is 13.8 Å². The van der Waals surface area contributed by atoms with E-state index in [9.17, 15) is 9.90 Å². The number of aliphatic carboxylic acids is 1.